The number of aryl methyl sites for hydroxylation is 1. The number of hydrogen-bond donors (Lipinski definition) is 1. The summed E-state index contributed by atoms with van der Waals surface area (Å²) >= 11 is 0. The van der Waals surface area contributed by atoms with Crippen LogP contribution < -0.4 is 5.32 Å². The summed E-state index contributed by atoms with van der Waals surface area (Å²) in [6, 6.07) is 17.3. The van der Waals surface area contributed by atoms with Crippen molar-refractivity contribution in [1.29, 1.82) is 0 Å². The van der Waals surface area contributed by atoms with Gasteiger partial charge in [0.25, 0.3) is 5.91 Å². The van der Waals surface area contributed by atoms with Crippen molar-refractivity contribution in [2.45, 2.75) is 19.9 Å². The second-order valence-electron chi connectivity index (χ2n) is 7.90. The summed E-state index contributed by atoms with van der Waals surface area (Å²) in [7, 11) is 0. The van der Waals surface area contributed by atoms with E-state index in [4.69, 9.17) is 11.1 Å². The summed E-state index contributed by atoms with van der Waals surface area (Å²) in [4.78, 5) is 25.2. The van der Waals surface area contributed by atoms with Gasteiger partial charge < -0.3 is 5.32 Å². The third-order valence-corrected chi connectivity index (χ3v) is 5.44. The molecule has 5 rings (SSSR count). The van der Waals surface area contributed by atoms with Gasteiger partial charge in [-0.15, -0.1) is 0 Å². The molecule has 0 saturated carbocycles. The molecule has 0 radical (unpaired) electrons. The maximum absolute atomic E-state index is 12.7. The normalized spacial score (nSPS) is 10.9. The average Bonchev–Trinajstić information content (AvgIpc) is 3.25. The minimum absolute atomic E-state index is 0.174. The lowest BCUT2D eigenvalue weighted by molar-refractivity contribution is 0.0950. The largest absolute Gasteiger partial charge is 0.479 e. The van der Waals surface area contributed by atoms with E-state index in [2.05, 4.69) is 37.4 Å². The number of hydrogen-bond acceptors (Lipinski definition) is 5. The van der Waals surface area contributed by atoms with Crippen molar-refractivity contribution >= 4 is 33.6 Å². The Labute approximate surface area is 189 Å². The number of carbonyl (C=O) groups excluding carboxylic acids is 1. The minimum atomic E-state index is -0.174. The highest BCUT2D eigenvalue weighted by Gasteiger charge is 2.17. The molecule has 33 heavy (non-hydrogen) atoms. The number of fused-ring (bicyclic) bond motifs is 2. The van der Waals surface area contributed by atoms with Gasteiger partial charge in [0.2, 0.25) is 5.58 Å². The molecular formula is C26H20N5O2+. The molecule has 2 aromatic carbocycles. The van der Waals surface area contributed by atoms with E-state index >= 15 is 0 Å². The van der Waals surface area contributed by atoms with Crippen molar-refractivity contribution in [2.75, 3.05) is 0 Å². The smallest absolute Gasteiger partial charge is 0.348 e. The third kappa shape index (κ3) is 4.27. The molecule has 7 heteroatoms. The van der Waals surface area contributed by atoms with Crippen molar-refractivity contribution in [3.63, 3.8) is 0 Å². The van der Waals surface area contributed by atoms with E-state index in [-0.39, 0.29) is 5.91 Å². The highest BCUT2D eigenvalue weighted by Crippen LogP contribution is 2.26. The van der Waals surface area contributed by atoms with Gasteiger partial charge in [-0.3, -0.25) is 19.3 Å². The van der Waals surface area contributed by atoms with E-state index in [1.807, 2.05) is 49.5 Å². The van der Waals surface area contributed by atoms with Gasteiger partial charge >= 0.3 is 5.82 Å². The first-order chi connectivity index (χ1) is 16.1. The molecular weight excluding hydrogens is 414 g/mol. The van der Waals surface area contributed by atoms with Crippen LogP contribution in [0.5, 0.6) is 0 Å². The van der Waals surface area contributed by atoms with Crippen LogP contribution in [-0.2, 0) is 13.0 Å². The van der Waals surface area contributed by atoms with Crippen LogP contribution >= 0.6 is 0 Å². The fraction of sp³-hybridized carbons (Fsp3) is 0.115. The van der Waals surface area contributed by atoms with Crippen LogP contribution in [0.3, 0.4) is 0 Å². The zero-order valence-corrected chi connectivity index (χ0v) is 17.9. The first-order valence-corrected chi connectivity index (χ1v) is 10.5. The summed E-state index contributed by atoms with van der Waals surface area (Å²) in [5.41, 5.74) is 6.02. The van der Waals surface area contributed by atoms with Crippen LogP contribution in [0.2, 0.25) is 0 Å². The molecule has 7 nitrogen and oxygen atoms in total. The predicted molar refractivity (Wildman–Crippen MR) is 127 cm³/mol. The first kappa shape index (κ1) is 20.3. The van der Waals surface area contributed by atoms with Gasteiger partial charge in [0, 0.05) is 42.0 Å². The van der Waals surface area contributed by atoms with Crippen LogP contribution in [0, 0.1) is 13.5 Å². The lowest BCUT2D eigenvalue weighted by atomic mass is 10.0. The fourth-order valence-corrected chi connectivity index (χ4v) is 3.78. The summed E-state index contributed by atoms with van der Waals surface area (Å²) < 4.78 is 5.23. The Kier molecular flexibility index (Phi) is 5.25. The highest BCUT2D eigenvalue weighted by atomic mass is 16.5. The predicted octanol–water partition coefficient (Wildman–Crippen LogP) is 5.19. The molecule has 0 atom stereocenters. The quantitative estimate of drug-likeness (QED) is 0.411. The standard InChI is InChI=1S/C26H19N5O2/c1-16-9-20-10-17(4-6-23(20)29-14-16)11-21-13-19(7-8-28-21)26(32)30-15-18-3-5-22-24(12-18)33-31-25(22)27-2/h2-10,12-14H,11,15H2,1H3/p+1. The van der Waals surface area contributed by atoms with Crippen molar-refractivity contribution in [3.8, 4) is 6.57 Å². The van der Waals surface area contributed by atoms with Gasteiger partial charge in [-0.1, -0.05) is 12.1 Å². The number of aromatic nitrogens is 3. The van der Waals surface area contributed by atoms with E-state index in [1.54, 1.807) is 12.3 Å². The second kappa shape index (κ2) is 8.52. The zero-order valence-electron chi connectivity index (χ0n) is 17.9. The third-order valence-electron chi connectivity index (χ3n) is 5.44. The maximum atomic E-state index is 12.7. The first-order valence-electron chi connectivity index (χ1n) is 10.5. The van der Waals surface area contributed by atoms with E-state index in [1.165, 1.54) is 0 Å². The van der Waals surface area contributed by atoms with Crippen LogP contribution in [0.1, 0.15) is 32.7 Å². The van der Waals surface area contributed by atoms with Crippen LogP contribution in [0.4, 0.5) is 5.82 Å². The fourth-order valence-electron chi connectivity index (χ4n) is 3.78. The molecule has 0 fully saturated rings. The maximum Gasteiger partial charge on any atom is 0.479 e. The Morgan fingerprint density at radius 3 is 2.82 bits per heavy atom. The Morgan fingerprint density at radius 2 is 1.94 bits per heavy atom. The SMILES string of the molecule is C#[N+]c1noc2cc(CNC(=O)c3ccnc(Cc4ccc5ncc(C)cc5c4)c3)ccc12. The molecule has 0 aliphatic carbocycles. The summed E-state index contributed by atoms with van der Waals surface area (Å²) in [5.74, 6) is 0.176. The van der Waals surface area contributed by atoms with Gasteiger partial charge in [-0.05, 0) is 66.1 Å². The molecule has 0 unspecified atom stereocenters. The number of pyridine rings is 2. The lowest BCUT2D eigenvalue weighted by Gasteiger charge is -2.08. The van der Waals surface area contributed by atoms with Gasteiger partial charge in [0.05, 0.1) is 5.52 Å². The molecule has 1 amide bonds. The van der Waals surface area contributed by atoms with Crippen LogP contribution in [0.15, 0.2) is 71.5 Å². The van der Waals surface area contributed by atoms with Crippen molar-refractivity contribution in [1.82, 2.24) is 20.4 Å². The number of nitrogens with one attached hydrogen (secondary N) is 1. The molecule has 0 saturated heterocycles. The zero-order chi connectivity index (χ0) is 22.8. The van der Waals surface area contributed by atoms with Crippen molar-refractivity contribution < 1.29 is 9.32 Å². The Balaban J connectivity index is 1.28. The number of carbonyl (C=O) groups is 1. The van der Waals surface area contributed by atoms with E-state index < -0.39 is 0 Å². The van der Waals surface area contributed by atoms with Crippen LogP contribution in [-0.4, -0.2) is 21.0 Å². The van der Waals surface area contributed by atoms with Crippen LogP contribution in [0.25, 0.3) is 26.7 Å². The van der Waals surface area contributed by atoms with E-state index in [9.17, 15) is 4.79 Å². The second-order valence-corrected chi connectivity index (χ2v) is 7.90. The highest BCUT2D eigenvalue weighted by molar-refractivity contribution is 5.94. The van der Waals surface area contributed by atoms with Gasteiger partial charge in [0.1, 0.15) is 12.0 Å². The molecule has 3 aromatic heterocycles. The summed E-state index contributed by atoms with van der Waals surface area (Å²) in [5, 5.41) is 8.56. The summed E-state index contributed by atoms with van der Waals surface area (Å²) in [6.45, 7) is 7.66. The molecule has 0 aliphatic rings. The molecule has 0 aliphatic heterocycles. The number of benzene rings is 2. The van der Waals surface area contributed by atoms with E-state index in [0.29, 0.717) is 29.9 Å². The molecule has 0 bridgehead atoms. The minimum Gasteiger partial charge on any atom is -0.348 e. The lowest BCUT2D eigenvalue weighted by Crippen LogP contribution is -2.23. The summed E-state index contributed by atoms with van der Waals surface area (Å²) in [6.07, 6.45) is 4.15. The monoisotopic (exact) mass is 434 g/mol. The molecule has 3 heterocycles. The number of nitrogens with zero attached hydrogens (tertiary/aromatic N) is 4. The molecule has 160 valence electrons. The van der Waals surface area contributed by atoms with Gasteiger partial charge in [-0.25, -0.2) is 0 Å². The van der Waals surface area contributed by atoms with Gasteiger partial charge in [0.15, 0.2) is 5.16 Å². The number of amides is 1. The molecule has 0 spiro atoms. The Bertz CT molecular complexity index is 1550. The molecule has 1 N–H and O–H groups in total. The topological polar surface area (TPSA) is 85.3 Å². The molecule has 5 aromatic rings. The van der Waals surface area contributed by atoms with Crippen molar-refractivity contribution in [3.05, 3.63) is 99.8 Å². The van der Waals surface area contributed by atoms with E-state index in [0.717, 1.165) is 38.7 Å². The number of rotatable bonds is 5. The van der Waals surface area contributed by atoms with Crippen molar-refractivity contribution in [2.24, 2.45) is 0 Å². The Hall–Kier alpha value is -4.57. The van der Waals surface area contributed by atoms with Gasteiger partial charge in [-0.2, -0.15) is 4.85 Å². The Morgan fingerprint density at radius 1 is 1.06 bits per heavy atom. The average molecular weight is 434 g/mol.